The SMILES string of the molecule is CNC1CCCc2cn(CCCS(C)(=O)=O)cc21. The average molecular weight is 270 g/mol. The summed E-state index contributed by atoms with van der Waals surface area (Å²) in [6.45, 7) is 0.788. The Morgan fingerprint density at radius 1 is 1.44 bits per heavy atom. The molecule has 1 aliphatic rings. The van der Waals surface area contributed by atoms with E-state index in [0.29, 0.717) is 12.5 Å². The van der Waals surface area contributed by atoms with E-state index in [4.69, 9.17) is 0 Å². The van der Waals surface area contributed by atoms with E-state index < -0.39 is 9.84 Å². The summed E-state index contributed by atoms with van der Waals surface area (Å²) in [6, 6.07) is 0.463. The molecule has 2 rings (SSSR count). The number of rotatable bonds is 5. The number of hydrogen-bond acceptors (Lipinski definition) is 3. The molecule has 4 nitrogen and oxygen atoms in total. The van der Waals surface area contributed by atoms with Crippen molar-refractivity contribution in [2.45, 2.75) is 38.3 Å². The predicted molar refractivity (Wildman–Crippen MR) is 73.5 cm³/mol. The Morgan fingerprint density at radius 3 is 2.89 bits per heavy atom. The minimum atomic E-state index is -2.84. The molecule has 1 aromatic heterocycles. The van der Waals surface area contributed by atoms with E-state index >= 15 is 0 Å². The van der Waals surface area contributed by atoms with Gasteiger partial charge >= 0.3 is 0 Å². The molecule has 1 heterocycles. The van der Waals surface area contributed by atoms with Gasteiger partial charge in [-0.3, -0.25) is 0 Å². The lowest BCUT2D eigenvalue weighted by atomic mass is 9.91. The number of sulfone groups is 1. The summed E-state index contributed by atoms with van der Waals surface area (Å²) in [4.78, 5) is 0. The topological polar surface area (TPSA) is 51.1 Å². The summed E-state index contributed by atoms with van der Waals surface area (Å²) >= 11 is 0. The van der Waals surface area contributed by atoms with E-state index in [-0.39, 0.29) is 5.75 Å². The molecule has 0 radical (unpaired) electrons. The van der Waals surface area contributed by atoms with Crippen molar-refractivity contribution in [2.75, 3.05) is 19.1 Å². The molecule has 0 saturated heterocycles. The van der Waals surface area contributed by atoms with Crippen molar-refractivity contribution in [1.82, 2.24) is 9.88 Å². The van der Waals surface area contributed by atoms with Crippen LogP contribution in [0.1, 0.15) is 36.4 Å². The highest BCUT2D eigenvalue weighted by atomic mass is 32.2. The first-order chi connectivity index (χ1) is 8.49. The second-order valence-electron chi connectivity index (χ2n) is 5.19. The molecule has 0 bridgehead atoms. The van der Waals surface area contributed by atoms with Crippen molar-refractivity contribution in [3.05, 3.63) is 23.5 Å². The Bertz CT molecular complexity index is 505. The van der Waals surface area contributed by atoms with Crippen LogP contribution < -0.4 is 5.32 Å². The van der Waals surface area contributed by atoms with Gasteiger partial charge in [-0.2, -0.15) is 0 Å². The van der Waals surface area contributed by atoms with Gasteiger partial charge in [0.15, 0.2) is 0 Å². The van der Waals surface area contributed by atoms with Gasteiger partial charge in [0.1, 0.15) is 9.84 Å². The standard InChI is InChI=1S/C13H22N2O2S/c1-14-13-6-3-5-11-9-15(10-12(11)13)7-4-8-18(2,16)17/h9-10,13-14H,3-8H2,1-2H3. The molecular weight excluding hydrogens is 248 g/mol. The third kappa shape index (κ3) is 3.36. The monoisotopic (exact) mass is 270 g/mol. The first-order valence-corrected chi connectivity index (χ1v) is 8.59. The highest BCUT2D eigenvalue weighted by Gasteiger charge is 2.20. The van der Waals surface area contributed by atoms with Gasteiger partial charge < -0.3 is 9.88 Å². The third-order valence-corrected chi connectivity index (χ3v) is 4.62. The van der Waals surface area contributed by atoms with Crippen LogP contribution in [-0.2, 0) is 22.8 Å². The zero-order valence-corrected chi connectivity index (χ0v) is 12.0. The van der Waals surface area contributed by atoms with E-state index in [0.717, 1.165) is 13.0 Å². The van der Waals surface area contributed by atoms with Gasteiger partial charge in [0.25, 0.3) is 0 Å². The van der Waals surface area contributed by atoms with Crippen LogP contribution in [-0.4, -0.2) is 32.0 Å². The molecule has 1 unspecified atom stereocenters. The molecule has 18 heavy (non-hydrogen) atoms. The summed E-state index contributed by atoms with van der Waals surface area (Å²) < 4.78 is 24.3. The molecule has 1 aliphatic carbocycles. The van der Waals surface area contributed by atoms with Gasteiger partial charge in [0.05, 0.1) is 5.75 Å². The van der Waals surface area contributed by atoms with Crippen molar-refractivity contribution >= 4 is 9.84 Å². The maximum atomic E-state index is 11.1. The zero-order chi connectivity index (χ0) is 13.2. The van der Waals surface area contributed by atoms with Crippen LogP contribution in [0, 0.1) is 0 Å². The molecule has 1 aromatic rings. The fraction of sp³-hybridized carbons (Fsp3) is 0.692. The Kier molecular flexibility index (Phi) is 4.12. The molecule has 0 spiro atoms. The Hall–Kier alpha value is -0.810. The number of hydrogen-bond donors (Lipinski definition) is 1. The molecule has 0 amide bonds. The number of nitrogens with zero attached hydrogens (tertiary/aromatic N) is 1. The third-order valence-electron chi connectivity index (χ3n) is 3.59. The van der Waals surface area contributed by atoms with Crippen LogP contribution in [0.3, 0.4) is 0 Å². The van der Waals surface area contributed by atoms with Gasteiger partial charge in [-0.25, -0.2) is 8.42 Å². The summed E-state index contributed by atoms with van der Waals surface area (Å²) in [7, 11) is -0.837. The highest BCUT2D eigenvalue weighted by molar-refractivity contribution is 7.90. The number of fused-ring (bicyclic) bond motifs is 1. The molecule has 0 fully saturated rings. The van der Waals surface area contributed by atoms with Crippen LogP contribution >= 0.6 is 0 Å². The maximum absolute atomic E-state index is 11.1. The Labute approximate surface area is 109 Å². The minimum Gasteiger partial charge on any atom is -0.354 e. The van der Waals surface area contributed by atoms with E-state index in [1.54, 1.807) is 0 Å². The van der Waals surface area contributed by atoms with Crippen LogP contribution in [0.2, 0.25) is 0 Å². The summed E-state index contributed by atoms with van der Waals surface area (Å²) in [5.41, 5.74) is 2.81. The fourth-order valence-electron chi connectivity index (χ4n) is 2.69. The largest absolute Gasteiger partial charge is 0.354 e. The predicted octanol–water partition coefficient (Wildman–Crippen LogP) is 1.52. The van der Waals surface area contributed by atoms with Gasteiger partial charge in [-0.05, 0) is 43.9 Å². The average Bonchev–Trinajstić information content (AvgIpc) is 2.69. The highest BCUT2D eigenvalue weighted by Crippen LogP contribution is 2.30. The second kappa shape index (κ2) is 5.45. The smallest absolute Gasteiger partial charge is 0.147 e. The van der Waals surface area contributed by atoms with Crippen LogP contribution in [0.15, 0.2) is 12.4 Å². The molecular formula is C13H22N2O2S. The normalized spacial score (nSPS) is 19.8. The molecule has 0 saturated carbocycles. The quantitative estimate of drug-likeness (QED) is 0.882. The van der Waals surface area contributed by atoms with E-state index in [1.165, 1.54) is 30.2 Å². The number of nitrogens with one attached hydrogen (secondary N) is 1. The molecule has 102 valence electrons. The van der Waals surface area contributed by atoms with E-state index in [9.17, 15) is 8.42 Å². The fourth-order valence-corrected chi connectivity index (χ4v) is 3.34. The molecule has 5 heteroatoms. The molecule has 0 aliphatic heterocycles. The first kappa shape index (κ1) is 13.6. The number of aryl methyl sites for hydroxylation is 2. The van der Waals surface area contributed by atoms with Crippen molar-refractivity contribution in [3.8, 4) is 0 Å². The lowest BCUT2D eigenvalue weighted by Crippen LogP contribution is -2.20. The minimum absolute atomic E-state index is 0.269. The van der Waals surface area contributed by atoms with Crippen molar-refractivity contribution in [3.63, 3.8) is 0 Å². The Balaban J connectivity index is 2.01. The van der Waals surface area contributed by atoms with Gasteiger partial charge in [-0.1, -0.05) is 0 Å². The zero-order valence-electron chi connectivity index (χ0n) is 11.1. The van der Waals surface area contributed by atoms with E-state index in [1.807, 2.05) is 7.05 Å². The van der Waals surface area contributed by atoms with Crippen LogP contribution in [0.4, 0.5) is 0 Å². The van der Waals surface area contributed by atoms with Gasteiger partial charge in [0, 0.05) is 31.2 Å². The summed E-state index contributed by atoms with van der Waals surface area (Å²) in [5, 5.41) is 3.34. The maximum Gasteiger partial charge on any atom is 0.147 e. The van der Waals surface area contributed by atoms with Crippen molar-refractivity contribution < 1.29 is 8.42 Å². The summed E-state index contributed by atoms with van der Waals surface area (Å²) in [5.74, 6) is 0.269. The molecule has 1 N–H and O–H groups in total. The van der Waals surface area contributed by atoms with Gasteiger partial charge in [-0.15, -0.1) is 0 Å². The van der Waals surface area contributed by atoms with Crippen LogP contribution in [0.5, 0.6) is 0 Å². The number of aromatic nitrogens is 1. The van der Waals surface area contributed by atoms with Crippen LogP contribution in [0.25, 0.3) is 0 Å². The lowest BCUT2D eigenvalue weighted by Gasteiger charge is -2.21. The van der Waals surface area contributed by atoms with Crippen molar-refractivity contribution in [2.24, 2.45) is 0 Å². The second-order valence-corrected chi connectivity index (χ2v) is 7.45. The van der Waals surface area contributed by atoms with E-state index in [2.05, 4.69) is 22.3 Å². The van der Waals surface area contributed by atoms with Crippen molar-refractivity contribution in [1.29, 1.82) is 0 Å². The molecule has 1 atom stereocenters. The molecule has 0 aromatic carbocycles. The first-order valence-electron chi connectivity index (χ1n) is 6.53. The summed E-state index contributed by atoms with van der Waals surface area (Å²) in [6.07, 6.45) is 9.91. The lowest BCUT2D eigenvalue weighted by molar-refractivity contribution is 0.498. The Morgan fingerprint density at radius 2 is 2.22 bits per heavy atom. The van der Waals surface area contributed by atoms with Gasteiger partial charge in [0.2, 0.25) is 0 Å².